The zero-order chi connectivity index (χ0) is 21.8. The Kier molecular flexibility index (Phi) is 10.4. The summed E-state index contributed by atoms with van der Waals surface area (Å²) in [7, 11) is 0. The molecule has 0 heterocycles. The number of ether oxygens (including phenoxy) is 2. The van der Waals surface area contributed by atoms with Crippen LogP contribution in [0.1, 0.15) is 18.1 Å². The summed E-state index contributed by atoms with van der Waals surface area (Å²) in [4.78, 5) is 12.2. The molecule has 0 aliphatic rings. The maximum absolute atomic E-state index is 12.2. The monoisotopic (exact) mass is 435 g/mol. The first-order valence-electron chi connectivity index (χ1n) is 10.00. The Hall–Kier alpha value is -2.32. The summed E-state index contributed by atoms with van der Waals surface area (Å²) in [6, 6.07) is 11.2. The molecule has 8 heteroatoms. The Morgan fingerprint density at radius 1 is 1.07 bits per heavy atom. The van der Waals surface area contributed by atoms with Gasteiger partial charge in [0.05, 0.1) is 18.2 Å². The first-order chi connectivity index (χ1) is 14.5. The van der Waals surface area contributed by atoms with Crippen LogP contribution in [0.2, 0.25) is 5.02 Å². The van der Waals surface area contributed by atoms with Crippen molar-refractivity contribution in [3.05, 3.63) is 52.5 Å². The Balaban J connectivity index is 1.93. The number of anilines is 1. The Labute approximate surface area is 182 Å². The average molecular weight is 436 g/mol. The lowest BCUT2D eigenvalue weighted by atomic mass is 10.2. The fraction of sp³-hybridized carbons (Fsp3) is 0.409. The van der Waals surface area contributed by atoms with Crippen LogP contribution < -0.4 is 25.4 Å². The molecule has 0 saturated carbocycles. The number of amides is 1. The van der Waals surface area contributed by atoms with Gasteiger partial charge in [0.25, 0.3) is 5.91 Å². The van der Waals surface area contributed by atoms with E-state index in [9.17, 15) is 4.79 Å². The van der Waals surface area contributed by atoms with Gasteiger partial charge in [-0.05, 0) is 43.7 Å². The van der Waals surface area contributed by atoms with Crippen molar-refractivity contribution in [3.63, 3.8) is 0 Å². The van der Waals surface area contributed by atoms with Crippen molar-refractivity contribution in [1.82, 2.24) is 10.6 Å². The first-order valence-corrected chi connectivity index (χ1v) is 10.4. The molecule has 0 radical (unpaired) electrons. The summed E-state index contributed by atoms with van der Waals surface area (Å²) in [5.41, 5.74) is 2.77. The molecule has 164 valence electrons. The highest BCUT2D eigenvalue weighted by atomic mass is 35.5. The van der Waals surface area contributed by atoms with Crippen molar-refractivity contribution in [1.29, 1.82) is 0 Å². The lowest BCUT2D eigenvalue weighted by Gasteiger charge is -2.15. The molecule has 30 heavy (non-hydrogen) atoms. The van der Waals surface area contributed by atoms with E-state index in [2.05, 4.69) is 16.0 Å². The van der Waals surface area contributed by atoms with Crippen LogP contribution in [0.5, 0.6) is 11.5 Å². The summed E-state index contributed by atoms with van der Waals surface area (Å²) in [6.45, 7) is 6.94. The minimum Gasteiger partial charge on any atom is -0.490 e. The highest BCUT2D eigenvalue weighted by Gasteiger charge is 2.14. The topological polar surface area (TPSA) is 91.8 Å². The van der Waals surface area contributed by atoms with Crippen LogP contribution in [0.3, 0.4) is 0 Å². The van der Waals surface area contributed by atoms with Crippen molar-refractivity contribution < 1.29 is 19.4 Å². The minimum absolute atomic E-state index is 0.123. The van der Waals surface area contributed by atoms with E-state index >= 15 is 0 Å². The largest absolute Gasteiger partial charge is 0.490 e. The molecule has 0 aliphatic heterocycles. The van der Waals surface area contributed by atoms with E-state index in [-0.39, 0.29) is 19.1 Å². The van der Waals surface area contributed by atoms with Gasteiger partial charge in [0, 0.05) is 31.9 Å². The molecule has 4 N–H and O–H groups in total. The van der Waals surface area contributed by atoms with Crippen LogP contribution in [0.4, 0.5) is 5.69 Å². The van der Waals surface area contributed by atoms with Crippen LogP contribution in [-0.4, -0.2) is 50.5 Å². The fourth-order valence-electron chi connectivity index (χ4n) is 2.71. The second-order valence-corrected chi connectivity index (χ2v) is 7.10. The Bertz CT molecular complexity index is 800. The number of hydrogen-bond acceptors (Lipinski definition) is 6. The summed E-state index contributed by atoms with van der Waals surface area (Å²) in [6.07, 6.45) is 0. The lowest BCUT2D eigenvalue weighted by Crippen LogP contribution is -2.28. The quantitative estimate of drug-likeness (QED) is 0.362. The standard InChI is InChI=1S/C22H30ClN3O4/c1-3-29-20-13-17(14-25-9-8-24-10-11-27)12-19(23)22(20)30-15-21(28)26-18-6-4-16(2)5-7-18/h4-7,12-13,24-25,27H,3,8-11,14-15H2,1-2H3,(H,26,28). The molecular formula is C22H30ClN3O4. The van der Waals surface area contributed by atoms with E-state index in [4.69, 9.17) is 26.2 Å². The third kappa shape index (κ3) is 8.20. The molecule has 0 spiro atoms. The van der Waals surface area contributed by atoms with Gasteiger partial charge < -0.3 is 30.5 Å². The molecule has 0 saturated heterocycles. The zero-order valence-electron chi connectivity index (χ0n) is 17.5. The Morgan fingerprint density at radius 3 is 2.50 bits per heavy atom. The summed E-state index contributed by atoms with van der Waals surface area (Å²) < 4.78 is 11.4. The van der Waals surface area contributed by atoms with Gasteiger partial charge in [-0.1, -0.05) is 29.3 Å². The maximum atomic E-state index is 12.2. The maximum Gasteiger partial charge on any atom is 0.262 e. The van der Waals surface area contributed by atoms with E-state index in [1.54, 1.807) is 6.07 Å². The molecule has 2 rings (SSSR count). The number of rotatable bonds is 13. The smallest absolute Gasteiger partial charge is 0.262 e. The molecule has 7 nitrogen and oxygen atoms in total. The highest BCUT2D eigenvalue weighted by molar-refractivity contribution is 6.32. The van der Waals surface area contributed by atoms with Crippen LogP contribution >= 0.6 is 11.6 Å². The van der Waals surface area contributed by atoms with Crippen molar-refractivity contribution in [2.24, 2.45) is 0 Å². The van der Waals surface area contributed by atoms with E-state index in [0.29, 0.717) is 41.9 Å². The average Bonchev–Trinajstić information content (AvgIpc) is 2.72. The normalized spacial score (nSPS) is 10.7. The van der Waals surface area contributed by atoms with Gasteiger partial charge in [0.15, 0.2) is 18.1 Å². The van der Waals surface area contributed by atoms with Crippen LogP contribution in [-0.2, 0) is 11.3 Å². The highest BCUT2D eigenvalue weighted by Crippen LogP contribution is 2.36. The second-order valence-electron chi connectivity index (χ2n) is 6.69. The number of aliphatic hydroxyl groups excluding tert-OH is 1. The molecular weight excluding hydrogens is 406 g/mol. The fourth-order valence-corrected chi connectivity index (χ4v) is 3.00. The zero-order valence-corrected chi connectivity index (χ0v) is 18.2. The van der Waals surface area contributed by atoms with E-state index in [0.717, 1.165) is 24.2 Å². The van der Waals surface area contributed by atoms with Crippen LogP contribution in [0.25, 0.3) is 0 Å². The van der Waals surface area contributed by atoms with Gasteiger partial charge in [-0.15, -0.1) is 0 Å². The predicted molar refractivity (Wildman–Crippen MR) is 120 cm³/mol. The summed E-state index contributed by atoms with van der Waals surface area (Å²) >= 11 is 6.41. The SMILES string of the molecule is CCOc1cc(CNCCNCCO)cc(Cl)c1OCC(=O)Nc1ccc(C)cc1. The van der Waals surface area contributed by atoms with Crippen LogP contribution in [0, 0.1) is 6.92 Å². The number of hydrogen-bond donors (Lipinski definition) is 4. The number of benzene rings is 2. The lowest BCUT2D eigenvalue weighted by molar-refractivity contribution is -0.118. The summed E-state index contributed by atoms with van der Waals surface area (Å²) in [5, 5.41) is 18.3. The predicted octanol–water partition coefficient (Wildman–Crippen LogP) is 2.74. The minimum atomic E-state index is -0.279. The molecule has 2 aromatic rings. The number of carbonyl (C=O) groups excluding carboxylic acids is 1. The molecule has 2 aromatic carbocycles. The number of carbonyl (C=O) groups is 1. The van der Waals surface area contributed by atoms with Gasteiger partial charge in [-0.3, -0.25) is 4.79 Å². The van der Waals surface area contributed by atoms with Gasteiger partial charge >= 0.3 is 0 Å². The van der Waals surface area contributed by atoms with Crippen molar-refractivity contribution in [2.75, 3.05) is 44.8 Å². The van der Waals surface area contributed by atoms with Crippen molar-refractivity contribution in [3.8, 4) is 11.5 Å². The number of aliphatic hydroxyl groups is 1. The molecule has 0 aromatic heterocycles. The van der Waals surface area contributed by atoms with Gasteiger partial charge in [0.1, 0.15) is 0 Å². The van der Waals surface area contributed by atoms with Gasteiger partial charge in [-0.2, -0.15) is 0 Å². The second kappa shape index (κ2) is 13.1. The molecule has 0 aliphatic carbocycles. The molecule has 0 bridgehead atoms. The molecule has 0 unspecified atom stereocenters. The van der Waals surface area contributed by atoms with Gasteiger partial charge in [-0.25, -0.2) is 0 Å². The number of aryl methyl sites for hydroxylation is 1. The molecule has 1 amide bonds. The van der Waals surface area contributed by atoms with Crippen molar-refractivity contribution in [2.45, 2.75) is 20.4 Å². The number of halogens is 1. The first kappa shape index (κ1) is 24.0. The summed E-state index contributed by atoms with van der Waals surface area (Å²) in [5.74, 6) is 0.577. The molecule has 0 fully saturated rings. The number of nitrogens with one attached hydrogen (secondary N) is 3. The third-order valence-corrected chi connectivity index (χ3v) is 4.43. The van der Waals surface area contributed by atoms with Crippen molar-refractivity contribution >= 4 is 23.2 Å². The van der Waals surface area contributed by atoms with E-state index in [1.165, 1.54) is 0 Å². The van der Waals surface area contributed by atoms with Crippen LogP contribution in [0.15, 0.2) is 36.4 Å². The van der Waals surface area contributed by atoms with Gasteiger partial charge in [0.2, 0.25) is 0 Å². The third-order valence-electron chi connectivity index (χ3n) is 4.15. The van der Waals surface area contributed by atoms with E-state index in [1.807, 2.05) is 44.2 Å². The van der Waals surface area contributed by atoms with E-state index < -0.39 is 0 Å². The Morgan fingerprint density at radius 2 is 1.80 bits per heavy atom. The molecule has 0 atom stereocenters.